The summed E-state index contributed by atoms with van der Waals surface area (Å²) in [5.41, 5.74) is 0. The highest BCUT2D eigenvalue weighted by atomic mass is 32.1. The molecule has 2 aliphatic rings. The first-order chi connectivity index (χ1) is 6.45. The van der Waals surface area contributed by atoms with Gasteiger partial charge in [0.05, 0.1) is 6.04 Å². The summed E-state index contributed by atoms with van der Waals surface area (Å²) in [5.74, 6) is 0. The third-order valence-corrected chi connectivity index (χ3v) is 4.21. The van der Waals surface area contributed by atoms with E-state index in [1.807, 2.05) is 17.5 Å². The average Bonchev–Trinajstić information content (AvgIpc) is 2.79. The van der Waals surface area contributed by atoms with Gasteiger partial charge >= 0.3 is 0 Å². The molecule has 3 rings (SSSR count). The van der Waals surface area contributed by atoms with Crippen molar-refractivity contribution in [3.63, 3.8) is 0 Å². The van der Waals surface area contributed by atoms with Crippen molar-refractivity contribution in [1.29, 1.82) is 0 Å². The lowest BCUT2D eigenvalue weighted by Crippen LogP contribution is -2.25. The van der Waals surface area contributed by atoms with E-state index in [2.05, 4.69) is 15.3 Å². The molecule has 3 heteroatoms. The van der Waals surface area contributed by atoms with E-state index >= 15 is 0 Å². The lowest BCUT2D eigenvalue weighted by molar-refractivity contribution is 0.248. The first-order valence-electron chi connectivity index (χ1n) is 5.10. The van der Waals surface area contributed by atoms with Crippen LogP contribution in [0.4, 0.5) is 0 Å². The molecule has 0 saturated carbocycles. The van der Waals surface area contributed by atoms with Gasteiger partial charge in [0.2, 0.25) is 0 Å². The predicted octanol–water partition coefficient (Wildman–Crippen LogP) is 2.44. The van der Waals surface area contributed by atoms with Crippen molar-refractivity contribution in [2.45, 2.75) is 37.8 Å². The van der Waals surface area contributed by atoms with Crippen LogP contribution in [0.25, 0.3) is 0 Å². The number of hydrogen-bond acceptors (Lipinski definition) is 3. The Kier molecular flexibility index (Phi) is 1.87. The van der Waals surface area contributed by atoms with Gasteiger partial charge in [-0.2, -0.15) is 0 Å². The maximum absolute atomic E-state index is 4.44. The first-order valence-corrected chi connectivity index (χ1v) is 5.98. The van der Waals surface area contributed by atoms with E-state index in [0.29, 0.717) is 6.04 Å². The van der Waals surface area contributed by atoms with E-state index in [9.17, 15) is 0 Å². The van der Waals surface area contributed by atoms with Crippen LogP contribution in [-0.4, -0.2) is 22.5 Å². The molecule has 0 aromatic carbocycles. The highest BCUT2D eigenvalue weighted by Gasteiger charge is 2.38. The number of nitrogens with zero attached hydrogens (tertiary/aromatic N) is 2. The summed E-state index contributed by atoms with van der Waals surface area (Å²) in [4.78, 5) is 7.10. The van der Waals surface area contributed by atoms with E-state index in [1.165, 1.54) is 37.2 Å². The summed E-state index contributed by atoms with van der Waals surface area (Å²) in [6.07, 6.45) is 7.47. The van der Waals surface area contributed by atoms with Crippen LogP contribution < -0.4 is 0 Å². The molecule has 0 N–H and O–H groups in total. The van der Waals surface area contributed by atoms with Crippen LogP contribution in [0.1, 0.15) is 36.7 Å². The fourth-order valence-electron chi connectivity index (χ4n) is 2.76. The monoisotopic (exact) mass is 194 g/mol. The number of fused-ring (bicyclic) bond motifs is 1. The number of rotatable bonds is 1. The lowest BCUT2D eigenvalue weighted by Gasteiger charge is -2.21. The highest BCUT2D eigenvalue weighted by Crippen LogP contribution is 2.41. The maximum atomic E-state index is 4.44. The van der Waals surface area contributed by atoms with Gasteiger partial charge < -0.3 is 0 Å². The topological polar surface area (TPSA) is 16.1 Å². The van der Waals surface area contributed by atoms with E-state index in [-0.39, 0.29) is 0 Å². The minimum atomic E-state index is 0.660. The van der Waals surface area contributed by atoms with Gasteiger partial charge in [-0.05, 0) is 32.2 Å². The van der Waals surface area contributed by atoms with Crippen LogP contribution >= 0.6 is 11.3 Å². The van der Waals surface area contributed by atoms with Crippen molar-refractivity contribution in [3.05, 3.63) is 16.6 Å². The third-order valence-electron chi connectivity index (χ3n) is 3.33. The lowest BCUT2D eigenvalue weighted by atomic mass is 10.1. The summed E-state index contributed by atoms with van der Waals surface area (Å²) in [6.45, 7) is 1.30. The van der Waals surface area contributed by atoms with Gasteiger partial charge in [-0.15, -0.1) is 11.3 Å². The molecule has 2 aliphatic heterocycles. The molecular formula is C10H14N2S. The SMILES string of the molecule is c1csc(C2CCC3CCCN32)n1. The molecule has 2 fully saturated rings. The first kappa shape index (κ1) is 7.94. The Labute approximate surface area is 82.6 Å². The van der Waals surface area contributed by atoms with E-state index in [4.69, 9.17) is 0 Å². The van der Waals surface area contributed by atoms with Crippen molar-refractivity contribution in [2.75, 3.05) is 6.54 Å². The Morgan fingerprint density at radius 2 is 2.38 bits per heavy atom. The molecule has 13 heavy (non-hydrogen) atoms. The minimum Gasteiger partial charge on any atom is -0.291 e. The van der Waals surface area contributed by atoms with Gasteiger partial charge in [0.1, 0.15) is 5.01 Å². The van der Waals surface area contributed by atoms with Crippen LogP contribution in [0.5, 0.6) is 0 Å². The minimum absolute atomic E-state index is 0.660. The zero-order valence-corrected chi connectivity index (χ0v) is 8.46. The Hall–Kier alpha value is -0.410. The Balaban J connectivity index is 1.86. The van der Waals surface area contributed by atoms with E-state index in [1.54, 1.807) is 0 Å². The molecule has 1 aromatic rings. The van der Waals surface area contributed by atoms with Gasteiger partial charge in [-0.3, -0.25) is 4.90 Å². The Morgan fingerprint density at radius 3 is 3.23 bits per heavy atom. The quantitative estimate of drug-likeness (QED) is 0.682. The highest BCUT2D eigenvalue weighted by molar-refractivity contribution is 7.09. The van der Waals surface area contributed by atoms with Crippen molar-refractivity contribution in [1.82, 2.24) is 9.88 Å². The zero-order chi connectivity index (χ0) is 8.67. The van der Waals surface area contributed by atoms with Crippen molar-refractivity contribution < 1.29 is 0 Å². The van der Waals surface area contributed by atoms with Crippen molar-refractivity contribution in [2.24, 2.45) is 0 Å². The fraction of sp³-hybridized carbons (Fsp3) is 0.700. The van der Waals surface area contributed by atoms with Crippen LogP contribution in [-0.2, 0) is 0 Å². The molecule has 2 atom stereocenters. The smallest absolute Gasteiger partial charge is 0.110 e. The molecule has 0 spiro atoms. The number of aromatic nitrogens is 1. The standard InChI is InChI=1S/C10H14N2S/c1-2-8-3-4-9(12(8)6-1)10-11-5-7-13-10/h5,7-9H,1-4,6H2. The summed E-state index contributed by atoms with van der Waals surface area (Å²) in [7, 11) is 0. The molecule has 0 bridgehead atoms. The molecule has 70 valence electrons. The Bertz CT molecular complexity index is 283. The normalized spacial score (nSPS) is 33.8. The zero-order valence-electron chi connectivity index (χ0n) is 7.65. The van der Waals surface area contributed by atoms with Gasteiger partial charge in [-0.1, -0.05) is 0 Å². The summed E-state index contributed by atoms with van der Waals surface area (Å²) < 4.78 is 0. The van der Waals surface area contributed by atoms with Gasteiger partial charge in [-0.25, -0.2) is 4.98 Å². The number of thiazole rings is 1. The second-order valence-electron chi connectivity index (χ2n) is 4.00. The Morgan fingerprint density at radius 1 is 1.38 bits per heavy atom. The van der Waals surface area contributed by atoms with Crippen LogP contribution in [0.2, 0.25) is 0 Å². The van der Waals surface area contributed by atoms with Crippen LogP contribution in [0, 0.1) is 0 Å². The van der Waals surface area contributed by atoms with Crippen LogP contribution in [0.3, 0.4) is 0 Å². The molecule has 3 heterocycles. The molecule has 0 amide bonds. The maximum Gasteiger partial charge on any atom is 0.110 e. The van der Waals surface area contributed by atoms with E-state index in [0.717, 1.165) is 6.04 Å². The van der Waals surface area contributed by atoms with Crippen LogP contribution in [0.15, 0.2) is 11.6 Å². The predicted molar refractivity (Wildman–Crippen MR) is 53.8 cm³/mol. The van der Waals surface area contributed by atoms with Gasteiger partial charge in [0.15, 0.2) is 0 Å². The number of hydrogen-bond donors (Lipinski definition) is 0. The molecule has 1 aromatic heterocycles. The molecule has 2 unspecified atom stereocenters. The molecule has 0 aliphatic carbocycles. The van der Waals surface area contributed by atoms with E-state index < -0.39 is 0 Å². The average molecular weight is 194 g/mol. The second-order valence-corrected chi connectivity index (χ2v) is 4.92. The van der Waals surface area contributed by atoms with Crippen molar-refractivity contribution >= 4 is 11.3 Å². The largest absolute Gasteiger partial charge is 0.291 e. The third kappa shape index (κ3) is 1.22. The summed E-state index contributed by atoms with van der Waals surface area (Å²) in [5, 5.41) is 3.43. The second kappa shape index (κ2) is 3.07. The molecule has 2 saturated heterocycles. The molecular weight excluding hydrogens is 180 g/mol. The summed E-state index contributed by atoms with van der Waals surface area (Å²) in [6, 6.07) is 1.54. The summed E-state index contributed by atoms with van der Waals surface area (Å²) >= 11 is 1.82. The molecule has 2 nitrogen and oxygen atoms in total. The fourth-order valence-corrected chi connectivity index (χ4v) is 3.55. The van der Waals surface area contributed by atoms with Crippen molar-refractivity contribution in [3.8, 4) is 0 Å². The van der Waals surface area contributed by atoms with Gasteiger partial charge in [0, 0.05) is 17.6 Å². The van der Waals surface area contributed by atoms with Gasteiger partial charge in [0.25, 0.3) is 0 Å². The molecule has 0 radical (unpaired) electrons.